The van der Waals surface area contributed by atoms with Crippen LogP contribution in [0.4, 0.5) is 0 Å². The fraction of sp³-hybridized carbons (Fsp3) is 0.381. The summed E-state index contributed by atoms with van der Waals surface area (Å²) in [6, 6.07) is 5.16. The first kappa shape index (κ1) is 19.9. The lowest BCUT2D eigenvalue weighted by Crippen LogP contribution is -2.37. The number of aliphatic hydroxyl groups excluding tert-OH is 1. The molecule has 1 fully saturated rings. The molecule has 2 aliphatic heterocycles. The number of hydrogen-bond acceptors (Lipinski definition) is 6. The van der Waals surface area contributed by atoms with Crippen LogP contribution in [0.1, 0.15) is 39.9 Å². The Labute approximate surface area is 173 Å². The second kappa shape index (κ2) is 8.18. The van der Waals surface area contributed by atoms with Crippen LogP contribution in [0.15, 0.2) is 18.2 Å². The van der Waals surface area contributed by atoms with E-state index < -0.39 is 17.9 Å². The van der Waals surface area contributed by atoms with E-state index in [1.807, 2.05) is 0 Å². The Morgan fingerprint density at radius 3 is 2.93 bits per heavy atom. The van der Waals surface area contributed by atoms with Gasteiger partial charge in [-0.05, 0) is 31.5 Å². The summed E-state index contributed by atoms with van der Waals surface area (Å²) >= 11 is 0. The monoisotopic (exact) mass is 410 g/mol. The van der Waals surface area contributed by atoms with Gasteiger partial charge in [0.05, 0.1) is 24.8 Å². The summed E-state index contributed by atoms with van der Waals surface area (Å²) < 4.78 is 12.8. The minimum atomic E-state index is -0.782. The molecule has 2 aromatic rings. The number of primary amides is 1. The Morgan fingerprint density at radius 2 is 2.23 bits per heavy atom. The molecule has 0 spiro atoms. The molecule has 2 atom stereocenters. The Hall–Kier alpha value is -3.35. The molecule has 0 bridgehead atoms. The highest BCUT2D eigenvalue weighted by Crippen LogP contribution is 2.34. The molecule has 2 aliphatic rings. The number of ether oxygens (including phenoxy) is 2. The number of hydrogen-bond donors (Lipinski definition) is 3. The van der Waals surface area contributed by atoms with Crippen molar-refractivity contribution in [3.63, 3.8) is 0 Å². The predicted octanol–water partition coefficient (Wildman–Crippen LogP) is 0.292. The summed E-state index contributed by atoms with van der Waals surface area (Å²) in [5.41, 5.74) is 6.80. The quantitative estimate of drug-likeness (QED) is 0.624. The molecular weight excluding hydrogens is 388 g/mol. The fourth-order valence-electron chi connectivity index (χ4n) is 3.52. The van der Waals surface area contributed by atoms with Crippen molar-refractivity contribution >= 4 is 11.8 Å². The van der Waals surface area contributed by atoms with Gasteiger partial charge in [-0.25, -0.2) is 4.98 Å². The fourth-order valence-corrected chi connectivity index (χ4v) is 3.52. The van der Waals surface area contributed by atoms with Crippen LogP contribution >= 0.6 is 0 Å². The van der Waals surface area contributed by atoms with E-state index in [1.165, 1.54) is 0 Å². The lowest BCUT2D eigenvalue weighted by Gasteiger charge is -2.13. The van der Waals surface area contributed by atoms with Gasteiger partial charge in [-0.1, -0.05) is 11.8 Å². The molecule has 1 aromatic heterocycles. The van der Waals surface area contributed by atoms with Crippen molar-refractivity contribution in [2.24, 2.45) is 5.73 Å². The Bertz CT molecular complexity index is 1060. The Kier molecular flexibility index (Phi) is 5.44. The standard InChI is InChI=1S/C21H22N4O5/c1-12(26)2-3-13-4-5-16-15(10-13)20-24-17(19(22)27)18(25(20)7-9-30-16)21(28)23-14-6-8-29-11-14/h4-5,10,12,14,26H,6-9,11H2,1H3,(H2,22,27)(H,23,28). The summed E-state index contributed by atoms with van der Waals surface area (Å²) in [7, 11) is 0. The molecular formula is C21H22N4O5. The summed E-state index contributed by atoms with van der Waals surface area (Å²) in [5, 5.41) is 12.3. The number of nitrogens with two attached hydrogens (primary N) is 1. The van der Waals surface area contributed by atoms with Crippen LogP contribution in [-0.4, -0.2) is 58.4 Å². The minimum absolute atomic E-state index is 0.0882. The highest BCUT2D eigenvalue weighted by Gasteiger charge is 2.31. The van der Waals surface area contributed by atoms with E-state index in [0.717, 1.165) is 0 Å². The van der Waals surface area contributed by atoms with E-state index in [2.05, 4.69) is 22.1 Å². The molecule has 9 heteroatoms. The van der Waals surface area contributed by atoms with Crippen molar-refractivity contribution in [1.29, 1.82) is 0 Å². The lowest BCUT2D eigenvalue weighted by molar-refractivity contribution is 0.0905. The van der Waals surface area contributed by atoms with Crippen LogP contribution in [0.2, 0.25) is 0 Å². The number of carbonyl (C=O) groups is 2. The summed E-state index contributed by atoms with van der Waals surface area (Å²) in [6.07, 6.45) is -0.0611. The van der Waals surface area contributed by atoms with Gasteiger partial charge in [0.25, 0.3) is 11.8 Å². The summed E-state index contributed by atoms with van der Waals surface area (Å²) in [6.45, 7) is 3.19. The van der Waals surface area contributed by atoms with E-state index >= 15 is 0 Å². The number of rotatable bonds is 3. The third-order valence-corrected chi connectivity index (χ3v) is 4.90. The molecule has 1 saturated heterocycles. The Morgan fingerprint density at radius 1 is 1.40 bits per heavy atom. The first-order valence-corrected chi connectivity index (χ1v) is 9.70. The van der Waals surface area contributed by atoms with E-state index in [4.69, 9.17) is 15.2 Å². The average molecular weight is 410 g/mol. The van der Waals surface area contributed by atoms with Gasteiger partial charge >= 0.3 is 0 Å². The number of aliphatic hydroxyl groups is 1. The molecule has 2 amide bonds. The maximum Gasteiger partial charge on any atom is 0.270 e. The van der Waals surface area contributed by atoms with Crippen molar-refractivity contribution in [2.75, 3.05) is 19.8 Å². The molecule has 4 rings (SSSR count). The van der Waals surface area contributed by atoms with Crippen molar-refractivity contribution in [3.05, 3.63) is 35.2 Å². The molecule has 3 heterocycles. The first-order chi connectivity index (χ1) is 14.4. The molecule has 0 radical (unpaired) electrons. The molecule has 2 unspecified atom stereocenters. The number of nitrogens with zero attached hydrogens (tertiary/aromatic N) is 2. The van der Waals surface area contributed by atoms with Gasteiger partial charge in [0.2, 0.25) is 0 Å². The van der Waals surface area contributed by atoms with Gasteiger partial charge < -0.3 is 30.2 Å². The van der Waals surface area contributed by atoms with Crippen molar-refractivity contribution in [3.8, 4) is 29.0 Å². The lowest BCUT2D eigenvalue weighted by atomic mass is 10.1. The van der Waals surface area contributed by atoms with Gasteiger partial charge in [0, 0.05) is 12.2 Å². The van der Waals surface area contributed by atoms with Crippen LogP contribution in [-0.2, 0) is 11.3 Å². The molecule has 0 aliphatic carbocycles. The highest BCUT2D eigenvalue weighted by atomic mass is 16.5. The largest absolute Gasteiger partial charge is 0.491 e. The zero-order valence-corrected chi connectivity index (χ0v) is 16.5. The minimum Gasteiger partial charge on any atom is -0.491 e. The smallest absolute Gasteiger partial charge is 0.270 e. The molecule has 9 nitrogen and oxygen atoms in total. The van der Waals surface area contributed by atoms with Crippen LogP contribution in [0.5, 0.6) is 5.75 Å². The number of nitrogens with one attached hydrogen (secondary N) is 1. The third-order valence-electron chi connectivity index (χ3n) is 4.90. The molecule has 30 heavy (non-hydrogen) atoms. The van der Waals surface area contributed by atoms with Gasteiger partial charge in [-0.2, -0.15) is 0 Å². The van der Waals surface area contributed by atoms with Crippen LogP contribution in [0.3, 0.4) is 0 Å². The number of fused-ring (bicyclic) bond motifs is 3. The van der Waals surface area contributed by atoms with Crippen molar-refractivity contribution < 1.29 is 24.2 Å². The van der Waals surface area contributed by atoms with Gasteiger partial charge in [0.15, 0.2) is 5.69 Å². The van der Waals surface area contributed by atoms with Crippen LogP contribution < -0.4 is 15.8 Å². The van der Waals surface area contributed by atoms with Crippen molar-refractivity contribution in [1.82, 2.24) is 14.9 Å². The van der Waals surface area contributed by atoms with Gasteiger partial charge in [0.1, 0.15) is 30.0 Å². The van der Waals surface area contributed by atoms with E-state index in [-0.39, 0.29) is 17.4 Å². The first-order valence-electron chi connectivity index (χ1n) is 9.70. The zero-order chi connectivity index (χ0) is 21.3. The highest BCUT2D eigenvalue weighted by molar-refractivity contribution is 6.05. The molecule has 0 saturated carbocycles. The van der Waals surface area contributed by atoms with Crippen LogP contribution in [0.25, 0.3) is 11.4 Å². The number of amides is 2. The maximum atomic E-state index is 13.0. The number of aromatic nitrogens is 2. The molecule has 1 aromatic carbocycles. The van der Waals surface area contributed by atoms with Gasteiger partial charge in [-0.3, -0.25) is 9.59 Å². The average Bonchev–Trinajstić information content (AvgIpc) is 3.31. The maximum absolute atomic E-state index is 13.0. The third kappa shape index (κ3) is 3.87. The normalized spacial score (nSPS) is 18.1. The molecule has 156 valence electrons. The Balaban J connectivity index is 1.80. The summed E-state index contributed by atoms with van der Waals surface area (Å²) in [4.78, 5) is 29.5. The SMILES string of the molecule is CC(O)C#Cc1ccc2c(c1)-c1nc(C(N)=O)c(C(=O)NC3CCOC3)n1CCO2. The van der Waals surface area contributed by atoms with Crippen LogP contribution in [0, 0.1) is 11.8 Å². The molecule has 4 N–H and O–H groups in total. The second-order valence-corrected chi connectivity index (χ2v) is 7.19. The topological polar surface area (TPSA) is 129 Å². The number of benzene rings is 1. The van der Waals surface area contributed by atoms with E-state index in [1.54, 1.807) is 29.7 Å². The van der Waals surface area contributed by atoms with E-state index in [0.29, 0.717) is 55.5 Å². The number of imidazole rings is 1. The predicted molar refractivity (Wildman–Crippen MR) is 107 cm³/mol. The number of carbonyl (C=O) groups excluding carboxylic acids is 2. The van der Waals surface area contributed by atoms with Crippen molar-refractivity contribution in [2.45, 2.75) is 32.0 Å². The van der Waals surface area contributed by atoms with E-state index in [9.17, 15) is 14.7 Å². The summed E-state index contributed by atoms with van der Waals surface area (Å²) in [5.74, 6) is 5.34. The zero-order valence-electron chi connectivity index (χ0n) is 16.5. The second-order valence-electron chi connectivity index (χ2n) is 7.19. The van der Waals surface area contributed by atoms with Gasteiger partial charge in [-0.15, -0.1) is 0 Å².